The van der Waals surface area contributed by atoms with Crippen molar-refractivity contribution in [3.63, 3.8) is 0 Å². The van der Waals surface area contributed by atoms with Crippen molar-refractivity contribution < 1.29 is 44.2 Å². The van der Waals surface area contributed by atoms with E-state index in [-0.39, 0.29) is 12.4 Å². The highest BCUT2D eigenvalue weighted by molar-refractivity contribution is 5.82. The third kappa shape index (κ3) is 10.1. The average molecular weight is 672 g/mol. The van der Waals surface area contributed by atoms with Gasteiger partial charge in [0.1, 0.15) is 24.6 Å². The van der Waals surface area contributed by atoms with Gasteiger partial charge in [-0.2, -0.15) is 0 Å². The summed E-state index contributed by atoms with van der Waals surface area (Å²) >= 11 is 0. The first-order valence-corrected chi connectivity index (χ1v) is 16.9. The van der Waals surface area contributed by atoms with Crippen molar-refractivity contribution in [3.05, 3.63) is 36.4 Å². The van der Waals surface area contributed by atoms with Crippen LogP contribution in [0.2, 0.25) is 0 Å². The summed E-state index contributed by atoms with van der Waals surface area (Å²) in [7, 11) is 1.52. The number of rotatable bonds is 21. The van der Waals surface area contributed by atoms with E-state index < -0.39 is 36.6 Å². The minimum atomic E-state index is -1.33. The van der Waals surface area contributed by atoms with Crippen LogP contribution in [-0.2, 0) is 20.9 Å². The maximum absolute atomic E-state index is 12.3. The fourth-order valence-electron chi connectivity index (χ4n) is 5.86. The number of aliphatic carboxylic acids is 1. The molecule has 0 bridgehead atoms. The second-order valence-corrected chi connectivity index (χ2v) is 12.3. The largest absolute Gasteiger partial charge is 0.493 e. The molecule has 1 unspecified atom stereocenters. The number of carbonyl (C=O) groups is 2. The van der Waals surface area contributed by atoms with Gasteiger partial charge in [-0.05, 0) is 37.0 Å². The van der Waals surface area contributed by atoms with Crippen molar-refractivity contribution in [2.75, 3.05) is 12.4 Å². The summed E-state index contributed by atoms with van der Waals surface area (Å²) in [5, 5.41) is 44.3. The molecular formula is C34H49N5O9. The van der Waals surface area contributed by atoms with Gasteiger partial charge in [-0.1, -0.05) is 64.4 Å². The fourth-order valence-corrected chi connectivity index (χ4v) is 5.86. The zero-order chi connectivity index (χ0) is 34.5. The highest BCUT2D eigenvalue weighted by atomic mass is 16.6. The molecule has 5 N–H and O–H groups in total. The van der Waals surface area contributed by atoms with Crippen LogP contribution in [0.4, 0.5) is 5.82 Å². The lowest BCUT2D eigenvalue weighted by Crippen LogP contribution is -2.38. The summed E-state index contributed by atoms with van der Waals surface area (Å²) < 4.78 is 18.5. The Labute approximate surface area is 280 Å². The molecule has 0 saturated carbocycles. The molecule has 0 aliphatic carbocycles. The highest BCUT2D eigenvalue weighted by Gasteiger charge is 2.47. The van der Waals surface area contributed by atoms with Crippen molar-refractivity contribution in [2.24, 2.45) is 0 Å². The standard InChI is InChI=1S/C34H49N5O9/c1-3-4-5-7-12-15-27(43)47-24-17-16-22(18-25(24)46-2)19-35-32-28-33(37-20-36-32)39(21-38-28)34-30(45)29(44)31(48-34)23(40)13-10-8-6-9-11-14-26(41)42/h16-18,20-21,23,29-31,34,40,44-45H,3-15,19H2,1-2H3,(H,41,42)(H,35,36,37)/t23?,29-,30+,31+,34+/m0/s1. The van der Waals surface area contributed by atoms with E-state index >= 15 is 0 Å². The van der Waals surface area contributed by atoms with E-state index in [0.29, 0.717) is 60.7 Å². The van der Waals surface area contributed by atoms with E-state index in [4.69, 9.17) is 19.3 Å². The molecule has 48 heavy (non-hydrogen) atoms. The Bertz CT molecular complexity index is 1470. The number of ether oxygens (including phenoxy) is 3. The Balaban J connectivity index is 1.33. The third-order valence-corrected chi connectivity index (χ3v) is 8.57. The van der Waals surface area contributed by atoms with Gasteiger partial charge in [0.15, 0.2) is 34.7 Å². The second-order valence-electron chi connectivity index (χ2n) is 12.3. The number of hydrogen-bond donors (Lipinski definition) is 5. The summed E-state index contributed by atoms with van der Waals surface area (Å²) in [4.78, 5) is 36.1. The SMILES string of the molecule is CCCCCCCC(=O)Oc1ccc(CNc2ncnc3c2ncn3[C@@H]2O[C@H](C(O)CCCCCCCC(=O)O)[C@@H](O)[C@H]2O)cc1OC. The Hall–Kier alpha value is -3.85. The molecule has 1 aliphatic rings. The lowest BCUT2D eigenvalue weighted by atomic mass is 10.00. The van der Waals surface area contributed by atoms with E-state index in [0.717, 1.165) is 56.9 Å². The number of fused-ring (bicyclic) bond motifs is 1. The highest BCUT2D eigenvalue weighted by Crippen LogP contribution is 2.35. The molecule has 1 fully saturated rings. The predicted octanol–water partition coefficient (Wildman–Crippen LogP) is 4.51. The second kappa shape index (κ2) is 18.6. The molecule has 5 atom stereocenters. The molecule has 264 valence electrons. The van der Waals surface area contributed by atoms with Gasteiger partial charge in [0.2, 0.25) is 0 Å². The zero-order valence-electron chi connectivity index (χ0n) is 27.8. The Morgan fingerprint density at radius 2 is 1.69 bits per heavy atom. The molecule has 3 aromatic rings. The first-order valence-electron chi connectivity index (χ1n) is 16.9. The molecule has 1 saturated heterocycles. The number of esters is 1. The molecule has 1 aromatic carbocycles. The van der Waals surface area contributed by atoms with Gasteiger partial charge in [0, 0.05) is 19.4 Å². The van der Waals surface area contributed by atoms with Crippen molar-refractivity contribution >= 4 is 28.9 Å². The lowest BCUT2D eigenvalue weighted by molar-refractivity contribution is -0.137. The van der Waals surface area contributed by atoms with Crippen LogP contribution < -0.4 is 14.8 Å². The Morgan fingerprint density at radius 1 is 0.958 bits per heavy atom. The molecule has 1 aliphatic heterocycles. The van der Waals surface area contributed by atoms with Crippen LogP contribution in [0.15, 0.2) is 30.9 Å². The first-order chi connectivity index (χ1) is 23.2. The molecular weight excluding hydrogens is 622 g/mol. The van der Waals surface area contributed by atoms with Gasteiger partial charge >= 0.3 is 11.9 Å². The van der Waals surface area contributed by atoms with Crippen molar-refractivity contribution in [2.45, 2.75) is 128 Å². The van der Waals surface area contributed by atoms with E-state index in [1.165, 1.54) is 24.3 Å². The van der Waals surface area contributed by atoms with Crippen molar-refractivity contribution in [1.82, 2.24) is 19.5 Å². The topological polar surface area (TPSA) is 198 Å². The van der Waals surface area contributed by atoms with Crippen molar-refractivity contribution in [3.8, 4) is 11.5 Å². The third-order valence-electron chi connectivity index (χ3n) is 8.57. The Morgan fingerprint density at radius 3 is 2.44 bits per heavy atom. The number of hydrogen-bond acceptors (Lipinski definition) is 12. The van der Waals surface area contributed by atoms with Crippen LogP contribution in [0.5, 0.6) is 11.5 Å². The minimum absolute atomic E-state index is 0.151. The summed E-state index contributed by atoms with van der Waals surface area (Å²) in [5.41, 5.74) is 1.63. The summed E-state index contributed by atoms with van der Waals surface area (Å²) in [6.07, 6.45) is 6.98. The lowest BCUT2D eigenvalue weighted by Gasteiger charge is -2.21. The monoisotopic (exact) mass is 671 g/mol. The van der Waals surface area contributed by atoms with Crippen LogP contribution in [0.25, 0.3) is 11.2 Å². The predicted molar refractivity (Wildman–Crippen MR) is 177 cm³/mol. The number of carboxylic acids is 1. The molecule has 14 heteroatoms. The van der Waals surface area contributed by atoms with E-state index in [9.17, 15) is 24.9 Å². The minimum Gasteiger partial charge on any atom is -0.493 e. The van der Waals surface area contributed by atoms with Crippen LogP contribution in [-0.4, -0.2) is 83.4 Å². The van der Waals surface area contributed by atoms with E-state index in [1.54, 1.807) is 12.1 Å². The number of aliphatic hydroxyl groups is 3. The average Bonchev–Trinajstić information content (AvgIpc) is 3.63. The number of imidazole rings is 1. The first kappa shape index (κ1) is 37.0. The molecule has 4 rings (SSSR count). The normalized spacial score (nSPS) is 19.8. The number of methoxy groups -OCH3 is 1. The zero-order valence-corrected chi connectivity index (χ0v) is 27.8. The molecule has 0 radical (unpaired) electrons. The fraction of sp³-hybridized carbons (Fsp3) is 0.618. The number of aromatic nitrogens is 4. The summed E-state index contributed by atoms with van der Waals surface area (Å²) in [5.74, 6) is 0.133. The van der Waals surface area contributed by atoms with Gasteiger partial charge in [-0.3, -0.25) is 14.2 Å². The number of nitrogens with zero attached hydrogens (tertiary/aromatic N) is 4. The number of carbonyl (C=O) groups excluding carboxylic acids is 1. The van der Waals surface area contributed by atoms with Gasteiger partial charge in [-0.25, -0.2) is 15.0 Å². The summed E-state index contributed by atoms with van der Waals surface area (Å²) in [6.45, 7) is 2.49. The van der Waals surface area contributed by atoms with Crippen LogP contribution >= 0.6 is 0 Å². The molecule has 0 amide bonds. The summed E-state index contributed by atoms with van der Waals surface area (Å²) in [6, 6.07) is 5.31. The van der Waals surface area contributed by atoms with Crippen LogP contribution in [0.3, 0.4) is 0 Å². The quantitative estimate of drug-likeness (QED) is 0.0603. The van der Waals surface area contributed by atoms with Gasteiger partial charge in [0.05, 0.1) is 19.5 Å². The van der Waals surface area contributed by atoms with Crippen molar-refractivity contribution in [1.29, 1.82) is 0 Å². The molecule has 2 aromatic heterocycles. The number of anilines is 1. The number of unbranched alkanes of at least 4 members (excludes halogenated alkanes) is 8. The van der Waals surface area contributed by atoms with E-state index in [1.807, 2.05) is 6.07 Å². The number of aliphatic hydroxyl groups excluding tert-OH is 3. The molecule has 3 heterocycles. The smallest absolute Gasteiger partial charge is 0.311 e. The maximum Gasteiger partial charge on any atom is 0.311 e. The van der Waals surface area contributed by atoms with Gasteiger partial charge in [-0.15, -0.1) is 0 Å². The number of nitrogens with one attached hydrogen (secondary N) is 1. The van der Waals surface area contributed by atoms with E-state index in [2.05, 4.69) is 27.2 Å². The van der Waals surface area contributed by atoms with Gasteiger partial charge in [0.25, 0.3) is 0 Å². The van der Waals surface area contributed by atoms with Gasteiger partial charge < -0.3 is 40.0 Å². The number of benzene rings is 1. The van der Waals surface area contributed by atoms with Crippen LogP contribution in [0, 0.1) is 0 Å². The number of carboxylic acid groups (broad SMARTS) is 1. The Kier molecular flexibility index (Phi) is 14.4. The van der Waals surface area contributed by atoms with Crippen LogP contribution in [0.1, 0.15) is 102 Å². The maximum atomic E-state index is 12.3. The molecule has 14 nitrogen and oxygen atoms in total. The molecule has 0 spiro atoms.